The summed E-state index contributed by atoms with van der Waals surface area (Å²) in [5.41, 5.74) is 3.58. The van der Waals surface area contributed by atoms with Crippen LogP contribution in [0, 0.1) is 13.8 Å². The van der Waals surface area contributed by atoms with E-state index in [0.717, 1.165) is 22.5 Å². The third-order valence-corrected chi connectivity index (χ3v) is 4.50. The highest BCUT2D eigenvalue weighted by molar-refractivity contribution is 5.98. The van der Waals surface area contributed by atoms with Crippen molar-refractivity contribution in [3.8, 4) is 0 Å². The third-order valence-electron chi connectivity index (χ3n) is 4.50. The Labute approximate surface area is 170 Å². The molecule has 1 aliphatic rings. The molecule has 0 saturated heterocycles. The van der Waals surface area contributed by atoms with Gasteiger partial charge in [-0.05, 0) is 25.0 Å². The minimum absolute atomic E-state index is 0. The number of nitrogens with zero attached hydrogens (tertiary/aromatic N) is 2. The molecule has 1 aromatic heterocycles. The van der Waals surface area contributed by atoms with Crippen molar-refractivity contribution in [2.24, 2.45) is 0 Å². The zero-order valence-electron chi connectivity index (χ0n) is 14.9. The number of nitrogens with one attached hydrogen (secondary N) is 1. The molecule has 5 nitrogen and oxygen atoms in total. The average Bonchev–Trinajstić information content (AvgIpc) is 2.59. The number of aryl methyl sites for hydroxylation is 2. The standard InChI is InChI=1S/C20H21N3O2.HI/c1-4-11-23-17(24)13-22-12-6-5-10-16(22)19(23)20(25)21-18-14(2)8-7-9-15(18)3;/h4-10,12,19H,1,11,13H2,2-3H3;1H. The number of hydrogen-bond acceptors (Lipinski definition) is 2. The molecule has 1 unspecified atom stereocenters. The summed E-state index contributed by atoms with van der Waals surface area (Å²) in [5, 5.41) is 3.02. The first-order valence-electron chi connectivity index (χ1n) is 8.28. The second-order valence-electron chi connectivity index (χ2n) is 6.25. The van der Waals surface area contributed by atoms with Crippen LogP contribution < -0.4 is 33.9 Å². The Morgan fingerprint density at radius 3 is 2.62 bits per heavy atom. The number of halogens is 1. The maximum atomic E-state index is 13.1. The lowest BCUT2D eigenvalue weighted by Gasteiger charge is -2.31. The second-order valence-corrected chi connectivity index (χ2v) is 6.25. The maximum Gasteiger partial charge on any atom is 0.289 e. The molecule has 1 aromatic carbocycles. The molecule has 0 saturated carbocycles. The van der Waals surface area contributed by atoms with E-state index in [-0.39, 0.29) is 42.3 Å². The highest BCUT2D eigenvalue weighted by Crippen LogP contribution is 2.26. The fourth-order valence-electron chi connectivity index (χ4n) is 3.25. The average molecular weight is 463 g/mol. The van der Waals surface area contributed by atoms with Gasteiger partial charge in [0.1, 0.15) is 0 Å². The molecule has 1 N–H and O–H groups in total. The molecule has 0 fully saturated rings. The van der Waals surface area contributed by atoms with Crippen molar-refractivity contribution in [1.29, 1.82) is 0 Å². The summed E-state index contributed by atoms with van der Waals surface area (Å²) in [6.07, 6.45) is 3.48. The van der Waals surface area contributed by atoms with E-state index in [1.807, 2.05) is 61.0 Å². The normalized spacial score (nSPS) is 15.7. The SMILES string of the molecule is C=CCN1C(=O)C[n+]2ccccc2C1C(=O)Nc1c(C)cccc1C.[I-]. The van der Waals surface area contributed by atoms with Gasteiger partial charge in [-0.15, -0.1) is 6.58 Å². The topological polar surface area (TPSA) is 53.3 Å². The van der Waals surface area contributed by atoms with Gasteiger partial charge in [-0.25, -0.2) is 0 Å². The number of carbonyl (C=O) groups is 2. The number of fused-ring (bicyclic) bond motifs is 1. The molecule has 3 rings (SSSR count). The third kappa shape index (κ3) is 3.80. The lowest BCUT2D eigenvalue weighted by Crippen LogP contribution is -3.00. The summed E-state index contributed by atoms with van der Waals surface area (Å²) in [5.74, 6) is -0.308. The van der Waals surface area contributed by atoms with Crippen molar-refractivity contribution in [3.63, 3.8) is 0 Å². The zero-order chi connectivity index (χ0) is 18.0. The smallest absolute Gasteiger partial charge is 0.289 e. The van der Waals surface area contributed by atoms with Crippen LogP contribution in [0.3, 0.4) is 0 Å². The lowest BCUT2D eigenvalue weighted by atomic mass is 10.0. The molecule has 0 spiro atoms. The Bertz CT molecular complexity index is 830. The number of rotatable bonds is 4. The van der Waals surface area contributed by atoms with E-state index < -0.39 is 6.04 Å². The molecule has 136 valence electrons. The summed E-state index contributed by atoms with van der Waals surface area (Å²) in [4.78, 5) is 27.2. The molecule has 1 aliphatic heterocycles. The van der Waals surface area contributed by atoms with Crippen LogP contribution in [-0.2, 0) is 16.1 Å². The van der Waals surface area contributed by atoms with Crippen molar-refractivity contribution in [2.45, 2.75) is 26.4 Å². The van der Waals surface area contributed by atoms with Gasteiger partial charge in [-0.3, -0.25) is 9.59 Å². The van der Waals surface area contributed by atoms with Gasteiger partial charge in [0.15, 0.2) is 12.2 Å². The van der Waals surface area contributed by atoms with Crippen molar-refractivity contribution in [2.75, 3.05) is 11.9 Å². The predicted molar refractivity (Wildman–Crippen MR) is 95.8 cm³/mol. The number of anilines is 1. The fraction of sp³-hybridized carbons (Fsp3) is 0.250. The second kappa shape index (κ2) is 8.44. The predicted octanol–water partition coefficient (Wildman–Crippen LogP) is -0.697. The van der Waals surface area contributed by atoms with Crippen LogP contribution in [0.5, 0.6) is 0 Å². The van der Waals surface area contributed by atoms with Gasteiger partial charge in [0.25, 0.3) is 11.8 Å². The van der Waals surface area contributed by atoms with Gasteiger partial charge in [0, 0.05) is 24.4 Å². The molecule has 2 aromatic rings. The first-order chi connectivity index (χ1) is 12.0. The Morgan fingerprint density at radius 1 is 1.27 bits per heavy atom. The highest BCUT2D eigenvalue weighted by atomic mass is 127. The number of aromatic nitrogens is 1. The first kappa shape index (κ1) is 20.1. The summed E-state index contributed by atoms with van der Waals surface area (Å²) < 4.78 is 1.83. The summed E-state index contributed by atoms with van der Waals surface area (Å²) in [6, 6.07) is 10.8. The highest BCUT2D eigenvalue weighted by Gasteiger charge is 2.42. The van der Waals surface area contributed by atoms with Gasteiger partial charge < -0.3 is 34.2 Å². The number of pyridine rings is 1. The Morgan fingerprint density at radius 2 is 1.96 bits per heavy atom. The molecule has 2 amide bonds. The molecule has 1 atom stereocenters. The van der Waals surface area contributed by atoms with Gasteiger partial charge in [0.05, 0.1) is 0 Å². The van der Waals surface area contributed by atoms with Crippen molar-refractivity contribution in [3.05, 3.63) is 72.1 Å². The van der Waals surface area contributed by atoms with E-state index >= 15 is 0 Å². The summed E-state index contributed by atoms with van der Waals surface area (Å²) in [7, 11) is 0. The van der Waals surface area contributed by atoms with Crippen molar-refractivity contribution >= 4 is 17.5 Å². The van der Waals surface area contributed by atoms with E-state index in [1.54, 1.807) is 11.0 Å². The molecule has 6 heteroatoms. The number of benzene rings is 1. The van der Waals surface area contributed by atoms with Crippen LogP contribution >= 0.6 is 0 Å². The Kier molecular flexibility index (Phi) is 6.52. The maximum absolute atomic E-state index is 13.1. The molecule has 2 heterocycles. The largest absolute Gasteiger partial charge is 1.00 e. The first-order valence-corrected chi connectivity index (χ1v) is 8.28. The molecule has 0 bridgehead atoms. The number of amides is 2. The molecule has 26 heavy (non-hydrogen) atoms. The zero-order valence-corrected chi connectivity index (χ0v) is 17.1. The van der Waals surface area contributed by atoms with Gasteiger partial charge in [-0.1, -0.05) is 30.3 Å². The fourth-order valence-corrected chi connectivity index (χ4v) is 3.25. The van der Waals surface area contributed by atoms with E-state index in [9.17, 15) is 9.59 Å². The molecule has 0 aliphatic carbocycles. The number of hydrogen-bond donors (Lipinski definition) is 1. The van der Waals surface area contributed by atoms with Crippen LogP contribution in [0.15, 0.2) is 55.3 Å². The van der Waals surface area contributed by atoms with Crippen LogP contribution in [0.1, 0.15) is 22.9 Å². The Balaban J connectivity index is 0.00000243. The van der Waals surface area contributed by atoms with Crippen molar-refractivity contribution in [1.82, 2.24) is 4.90 Å². The minimum atomic E-state index is -0.681. The molecular formula is C20H22IN3O2. The molecular weight excluding hydrogens is 441 g/mol. The van der Waals surface area contributed by atoms with E-state index in [4.69, 9.17) is 0 Å². The van der Waals surface area contributed by atoms with Crippen LogP contribution in [-0.4, -0.2) is 23.3 Å². The Hall–Kier alpha value is -2.22. The quantitative estimate of drug-likeness (QED) is 0.371. The summed E-state index contributed by atoms with van der Waals surface area (Å²) in [6.45, 7) is 8.20. The number of carbonyl (C=O) groups excluding carboxylic acids is 2. The van der Waals surface area contributed by atoms with E-state index in [0.29, 0.717) is 6.54 Å². The number of para-hydroxylation sites is 1. The van der Waals surface area contributed by atoms with Crippen molar-refractivity contribution < 1.29 is 38.1 Å². The monoisotopic (exact) mass is 463 g/mol. The van der Waals surface area contributed by atoms with Crippen LogP contribution in [0.4, 0.5) is 5.69 Å². The van der Waals surface area contributed by atoms with E-state index in [2.05, 4.69) is 11.9 Å². The van der Waals surface area contributed by atoms with Gasteiger partial charge >= 0.3 is 0 Å². The van der Waals surface area contributed by atoms with Gasteiger partial charge in [-0.2, -0.15) is 4.57 Å². The van der Waals surface area contributed by atoms with Crippen LogP contribution in [0.2, 0.25) is 0 Å². The minimum Gasteiger partial charge on any atom is -1.00 e. The molecule has 0 radical (unpaired) electrons. The van der Waals surface area contributed by atoms with Crippen LogP contribution in [0.25, 0.3) is 0 Å². The summed E-state index contributed by atoms with van der Waals surface area (Å²) >= 11 is 0. The van der Waals surface area contributed by atoms with Gasteiger partial charge in [0.2, 0.25) is 12.2 Å². The van der Waals surface area contributed by atoms with E-state index in [1.165, 1.54) is 0 Å². The lowest BCUT2D eigenvalue weighted by molar-refractivity contribution is -0.698.